The second kappa shape index (κ2) is 7.64. The van der Waals surface area contributed by atoms with Crippen molar-refractivity contribution >= 4 is 23.1 Å². The second-order valence-electron chi connectivity index (χ2n) is 6.73. The molecular weight excluding hydrogens is 356 g/mol. The number of ether oxygens (including phenoxy) is 3. The first-order valence-corrected chi connectivity index (χ1v) is 9.11. The Morgan fingerprint density at radius 1 is 0.893 bits per heavy atom. The second-order valence-corrected chi connectivity index (χ2v) is 6.73. The quantitative estimate of drug-likeness (QED) is 0.639. The lowest BCUT2D eigenvalue weighted by Gasteiger charge is -2.12. The Morgan fingerprint density at radius 3 is 2.43 bits per heavy atom. The SMILES string of the molecule is Cc1cc(Nc2ccc(OC(C)C)cc2)nc(Nc2ccc3c(c2)OCO3)n1. The fourth-order valence-electron chi connectivity index (χ4n) is 2.83. The van der Waals surface area contributed by atoms with Crippen molar-refractivity contribution in [2.75, 3.05) is 17.4 Å². The van der Waals surface area contributed by atoms with Gasteiger partial charge in [0, 0.05) is 29.2 Å². The number of nitrogens with one attached hydrogen (secondary N) is 2. The molecule has 0 radical (unpaired) electrons. The maximum atomic E-state index is 5.67. The van der Waals surface area contributed by atoms with Gasteiger partial charge in [-0.2, -0.15) is 4.98 Å². The lowest BCUT2D eigenvalue weighted by molar-refractivity contribution is 0.174. The molecule has 2 N–H and O–H groups in total. The van der Waals surface area contributed by atoms with Crippen molar-refractivity contribution in [3.05, 3.63) is 54.2 Å². The van der Waals surface area contributed by atoms with Crippen molar-refractivity contribution in [2.45, 2.75) is 26.9 Å². The molecule has 1 aromatic heterocycles. The van der Waals surface area contributed by atoms with Crippen LogP contribution >= 0.6 is 0 Å². The molecule has 0 amide bonds. The summed E-state index contributed by atoms with van der Waals surface area (Å²) >= 11 is 0. The summed E-state index contributed by atoms with van der Waals surface area (Å²) in [5, 5.41) is 6.52. The minimum absolute atomic E-state index is 0.146. The van der Waals surface area contributed by atoms with E-state index in [0.717, 1.165) is 28.6 Å². The molecule has 28 heavy (non-hydrogen) atoms. The maximum Gasteiger partial charge on any atom is 0.231 e. The van der Waals surface area contributed by atoms with Crippen LogP contribution in [0.5, 0.6) is 17.2 Å². The first-order valence-electron chi connectivity index (χ1n) is 9.11. The van der Waals surface area contributed by atoms with E-state index in [4.69, 9.17) is 14.2 Å². The molecule has 7 nitrogen and oxygen atoms in total. The van der Waals surface area contributed by atoms with Gasteiger partial charge < -0.3 is 24.8 Å². The molecule has 2 aromatic carbocycles. The summed E-state index contributed by atoms with van der Waals surface area (Å²) in [6, 6.07) is 15.3. The molecule has 144 valence electrons. The standard InChI is InChI=1S/C21H22N4O3/c1-13(2)28-17-7-4-15(5-8-17)23-20-10-14(3)22-21(25-20)24-16-6-9-18-19(11-16)27-12-26-18/h4-11,13H,12H2,1-3H3,(H2,22,23,24,25). The van der Waals surface area contributed by atoms with Crippen molar-refractivity contribution in [3.8, 4) is 17.2 Å². The Labute approximate surface area is 163 Å². The van der Waals surface area contributed by atoms with Crippen LogP contribution in [0.4, 0.5) is 23.1 Å². The predicted molar refractivity (Wildman–Crippen MR) is 108 cm³/mol. The highest BCUT2D eigenvalue weighted by Gasteiger charge is 2.14. The third-order valence-electron chi connectivity index (χ3n) is 3.98. The van der Waals surface area contributed by atoms with Gasteiger partial charge >= 0.3 is 0 Å². The zero-order valence-corrected chi connectivity index (χ0v) is 16.0. The lowest BCUT2D eigenvalue weighted by Crippen LogP contribution is -2.05. The van der Waals surface area contributed by atoms with E-state index in [9.17, 15) is 0 Å². The minimum atomic E-state index is 0.146. The fraction of sp³-hybridized carbons (Fsp3) is 0.238. The van der Waals surface area contributed by atoms with Crippen LogP contribution in [0, 0.1) is 6.92 Å². The molecule has 0 bridgehead atoms. The van der Waals surface area contributed by atoms with Crippen LogP contribution in [0.25, 0.3) is 0 Å². The highest BCUT2D eigenvalue weighted by molar-refractivity contribution is 5.63. The molecule has 3 aromatic rings. The van der Waals surface area contributed by atoms with Gasteiger partial charge in [0.15, 0.2) is 11.5 Å². The van der Waals surface area contributed by atoms with E-state index in [1.807, 2.05) is 69.3 Å². The van der Waals surface area contributed by atoms with Gasteiger partial charge in [-0.15, -0.1) is 0 Å². The van der Waals surface area contributed by atoms with Crippen molar-refractivity contribution in [2.24, 2.45) is 0 Å². The van der Waals surface area contributed by atoms with Crippen molar-refractivity contribution < 1.29 is 14.2 Å². The van der Waals surface area contributed by atoms with Gasteiger partial charge in [0.2, 0.25) is 12.7 Å². The summed E-state index contributed by atoms with van der Waals surface area (Å²) in [6.07, 6.45) is 0.146. The summed E-state index contributed by atoms with van der Waals surface area (Å²) in [5.74, 6) is 3.49. The van der Waals surface area contributed by atoms with Crippen LogP contribution in [0.1, 0.15) is 19.5 Å². The molecular formula is C21H22N4O3. The number of fused-ring (bicyclic) bond motifs is 1. The molecule has 0 unspecified atom stereocenters. The van der Waals surface area contributed by atoms with E-state index in [1.54, 1.807) is 0 Å². The third kappa shape index (κ3) is 4.25. The number of aromatic nitrogens is 2. The number of hydrogen-bond acceptors (Lipinski definition) is 7. The molecule has 0 spiro atoms. The van der Waals surface area contributed by atoms with Crippen molar-refractivity contribution in [1.29, 1.82) is 0 Å². The number of benzene rings is 2. The van der Waals surface area contributed by atoms with Gasteiger partial charge in [0.05, 0.1) is 6.10 Å². The molecule has 2 heterocycles. The molecule has 0 fully saturated rings. The maximum absolute atomic E-state index is 5.67. The van der Waals surface area contributed by atoms with Gasteiger partial charge in [0.25, 0.3) is 0 Å². The van der Waals surface area contributed by atoms with E-state index in [2.05, 4.69) is 20.6 Å². The lowest BCUT2D eigenvalue weighted by atomic mass is 10.3. The summed E-state index contributed by atoms with van der Waals surface area (Å²) in [6.45, 7) is 6.18. The zero-order chi connectivity index (χ0) is 19.5. The van der Waals surface area contributed by atoms with E-state index in [-0.39, 0.29) is 12.9 Å². The Kier molecular flexibility index (Phi) is 4.89. The predicted octanol–water partition coefficient (Wildman–Crippen LogP) is 4.79. The van der Waals surface area contributed by atoms with Crippen LogP contribution in [0.3, 0.4) is 0 Å². The Hall–Kier alpha value is -3.48. The van der Waals surface area contributed by atoms with Crippen LogP contribution in [0.2, 0.25) is 0 Å². The van der Waals surface area contributed by atoms with Gasteiger partial charge in [-0.25, -0.2) is 4.98 Å². The Bertz CT molecular complexity index is 974. The summed E-state index contributed by atoms with van der Waals surface area (Å²) in [4.78, 5) is 9.01. The Balaban J connectivity index is 1.49. The molecule has 0 saturated carbocycles. The van der Waals surface area contributed by atoms with Crippen LogP contribution < -0.4 is 24.8 Å². The van der Waals surface area contributed by atoms with Gasteiger partial charge in [-0.3, -0.25) is 0 Å². The third-order valence-corrected chi connectivity index (χ3v) is 3.98. The molecule has 7 heteroatoms. The monoisotopic (exact) mass is 378 g/mol. The highest BCUT2D eigenvalue weighted by Crippen LogP contribution is 2.35. The summed E-state index contributed by atoms with van der Waals surface area (Å²) in [5.41, 5.74) is 2.60. The van der Waals surface area contributed by atoms with Gasteiger partial charge in [-0.1, -0.05) is 0 Å². The average molecular weight is 378 g/mol. The van der Waals surface area contributed by atoms with E-state index < -0.39 is 0 Å². The van der Waals surface area contributed by atoms with E-state index in [1.165, 1.54) is 0 Å². The normalized spacial score (nSPS) is 12.1. The number of anilines is 4. The highest BCUT2D eigenvalue weighted by atomic mass is 16.7. The number of aryl methyl sites for hydroxylation is 1. The Morgan fingerprint density at radius 2 is 1.64 bits per heavy atom. The molecule has 4 rings (SSSR count). The number of rotatable bonds is 6. The fourth-order valence-corrected chi connectivity index (χ4v) is 2.83. The molecule has 0 saturated heterocycles. The number of hydrogen-bond donors (Lipinski definition) is 2. The van der Waals surface area contributed by atoms with Gasteiger partial charge in [0.1, 0.15) is 11.6 Å². The van der Waals surface area contributed by atoms with Gasteiger partial charge in [-0.05, 0) is 57.2 Å². The summed E-state index contributed by atoms with van der Waals surface area (Å²) < 4.78 is 16.4. The first kappa shape index (κ1) is 17.9. The average Bonchev–Trinajstić information content (AvgIpc) is 3.10. The largest absolute Gasteiger partial charge is 0.491 e. The first-order chi connectivity index (χ1) is 13.5. The molecule has 1 aliphatic rings. The van der Waals surface area contributed by atoms with Crippen LogP contribution in [-0.4, -0.2) is 22.9 Å². The minimum Gasteiger partial charge on any atom is -0.491 e. The van der Waals surface area contributed by atoms with E-state index >= 15 is 0 Å². The summed E-state index contributed by atoms with van der Waals surface area (Å²) in [7, 11) is 0. The number of nitrogens with zero attached hydrogens (tertiary/aromatic N) is 2. The van der Waals surface area contributed by atoms with Crippen LogP contribution in [-0.2, 0) is 0 Å². The van der Waals surface area contributed by atoms with Crippen LogP contribution in [0.15, 0.2) is 48.5 Å². The smallest absolute Gasteiger partial charge is 0.231 e. The van der Waals surface area contributed by atoms with E-state index in [0.29, 0.717) is 17.5 Å². The zero-order valence-electron chi connectivity index (χ0n) is 16.0. The topological polar surface area (TPSA) is 77.5 Å². The van der Waals surface area contributed by atoms with Crippen molar-refractivity contribution in [3.63, 3.8) is 0 Å². The van der Waals surface area contributed by atoms with Crippen molar-refractivity contribution in [1.82, 2.24) is 9.97 Å². The molecule has 1 aliphatic heterocycles. The molecule has 0 atom stereocenters. The molecule has 0 aliphatic carbocycles.